The van der Waals surface area contributed by atoms with Crippen molar-refractivity contribution in [2.75, 3.05) is 5.75 Å². The van der Waals surface area contributed by atoms with Crippen LogP contribution in [0.25, 0.3) is 0 Å². The molecule has 0 aromatic heterocycles. The maximum atomic E-state index is 12.9. The van der Waals surface area contributed by atoms with Gasteiger partial charge in [-0.2, -0.15) is 12.6 Å². The van der Waals surface area contributed by atoms with Crippen molar-refractivity contribution in [3.05, 3.63) is 29.8 Å². The Morgan fingerprint density at radius 3 is 1.94 bits per heavy atom. The van der Waals surface area contributed by atoms with E-state index >= 15 is 0 Å². The van der Waals surface area contributed by atoms with E-state index in [1.807, 2.05) is 13.8 Å². The smallest absolute Gasteiger partial charge is 0.326 e. The third-order valence-corrected chi connectivity index (χ3v) is 5.55. The molecule has 0 saturated carbocycles. The number of phenols is 1. The molecule has 13 heteroatoms. The largest absolute Gasteiger partial charge is 0.508 e. The van der Waals surface area contributed by atoms with E-state index in [1.54, 1.807) is 0 Å². The van der Waals surface area contributed by atoms with Gasteiger partial charge < -0.3 is 37.6 Å². The summed E-state index contributed by atoms with van der Waals surface area (Å²) in [7, 11) is 0. The highest BCUT2D eigenvalue weighted by atomic mass is 32.1. The predicted octanol–water partition coefficient (Wildman–Crippen LogP) is -0.958. The summed E-state index contributed by atoms with van der Waals surface area (Å²) in [4.78, 5) is 61.0. The number of carbonyl (C=O) groups is 5. The first-order valence-corrected chi connectivity index (χ1v) is 12.0. The van der Waals surface area contributed by atoms with Crippen molar-refractivity contribution in [1.29, 1.82) is 0 Å². The lowest BCUT2D eigenvalue weighted by atomic mass is 10.0. The van der Waals surface area contributed by atoms with E-state index in [1.165, 1.54) is 24.3 Å². The fraction of sp³-hybridized carbons (Fsp3) is 0.522. The molecular weight excluding hydrogens is 490 g/mol. The average molecular weight is 526 g/mol. The number of hydrogen-bond acceptors (Lipinski definition) is 8. The highest BCUT2D eigenvalue weighted by Crippen LogP contribution is 2.12. The number of thiol groups is 1. The molecule has 1 aromatic rings. The summed E-state index contributed by atoms with van der Waals surface area (Å²) in [5.74, 6) is -4.20. The highest BCUT2D eigenvalue weighted by molar-refractivity contribution is 7.80. The fourth-order valence-corrected chi connectivity index (χ4v) is 3.51. The van der Waals surface area contributed by atoms with Gasteiger partial charge >= 0.3 is 5.97 Å². The van der Waals surface area contributed by atoms with Crippen molar-refractivity contribution in [1.82, 2.24) is 16.0 Å². The number of carboxylic acid groups (broad SMARTS) is 1. The molecule has 0 heterocycles. The molecule has 0 aliphatic rings. The van der Waals surface area contributed by atoms with Gasteiger partial charge in [0.1, 0.15) is 23.9 Å². The Kier molecular flexibility index (Phi) is 12.7. The van der Waals surface area contributed by atoms with Crippen molar-refractivity contribution in [2.24, 2.45) is 17.4 Å². The van der Waals surface area contributed by atoms with Crippen LogP contribution in [-0.4, -0.2) is 69.7 Å². The van der Waals surface area contributed by atoms with Gasteiger partial charge in [0.25, 0.3) is 0 Å². The maximum absolute atomic E-state index is 12.9. The number of carboxylic acids is 1. The lowest BCUT2D eigenvalue weighted by Crippen LogP contribution is -2.58. The number of nitrogens with two attached hydrogens (primary N) is 2. The quantitative estimate of drug-likeness (QED) is 0.133. The highest BCUT2D eigenvalue weighted by Gasteiger charge is 2.30. The summed E-state index contributed by atoms with van der Waals surface area (Å²) < 4.78 is 0. The number of hydrogen-bond donors (Lipinski definition) is 8. The van der Waals surface area contributed by atoms with E-state index in [2.05, 4.69) is 28.6 Å². The van der Waals surface area contributed by atoms with Crippen LogP contribution in [0.1, 0.15) is 38.7 Å². The van der Waals surface area contributed by atoms with Crippen molar-refractivity contribution in [3.63, 3.8) is 0 Å². The Morgan fingerprint density at radius 2 is 1.44 bits per heavy atom. The van der Waals surface area contributed by atoms with Crippen LogP contribution in [0.5, 0.6) is 5.75 Å². The molecule has 12 nitrogen and oxygen atoms in total. The number of carbonyl (C=O) groups excluding carboxylic acids is 4. The molecule has 1 rings (SSSR count). The van der Waals surface area contributed by atoms with Crippen molar-refractivity contribution in [2.45, 2.75) is 63.7 Å². The number of phenolic OH excluding ortho intramolecular Hbond substituents is 1. The lowest BCUT2D eigenvalue weighted by molar-refractivity contribution is -0.142. The Morgan fingerprint density at radius 1 is 0.917 bits per heavy atom. The minimum absolute atomic E-state index is 0.00986. The third kappa shape index (κ3) is 11.0. The Labute approximate surface area is 215 Å². The molecule has 0 aliphatic heterocycles. The van der Waals surface area contributed by atoms with Crippen LogP contribution in [0.4, 0.5) is 0 Å². The van der Waals surface area contributed by atoms with E-state index in [0.717, 1.165) is 0 Å². The number of aliphatic carboxylic acids is 1. The van der Waals surface area contributed by atoms with E-state index in [4.69, 9.17) is 11.5 Å². The number of rotatable bonds is 15. The van der Waals surface area contributed by atoms with Crippen LogP contribution >= 0.6 is 12.6 Å². The normalized spacial score (nSPS) is 14.2. The minimum Gasteiger partial charge on any atom is -0.508 e. The van der Waals surface area contributed by atoms with Crippen LogP contribution in [0.3, 0.4) is 0 Å². The van der Waals surface area contributed by atoms with Gasteiger partial charge in [-0.3, -0.25) is 19.2 Å². The Hall–Kier alpha value is -3.32. The van der Waals surface area contributed by atoms with Gasteiger partial charge in [0.05, 0.1) is 6.04 Å². The molecule has 4 atom stereocenters. The van der Waals surface area contributed by atoms with Gasteiger partial charge in [0.15, 0.2) is 0 Å². The Bertz CT molecular complexity index is 926. The van der Waals surface area contributed by atoms with Gasteiger partial charge in [-0.25, -0.2) is 4.79 Å². The summed E-state index contributed by atoms with van der Waals surface area (Å²) in [5.41, 5.74) is 11.6. The van der Waals surface area contributed by atoms with Gasteiger partial charge in [-0.1, -0.05) is 26.0 Å². The summed E-state index contributed by atoms with van der Waals surface area (Å²) >= 11 is 4.08. The van der Waals surface area contributed by atoms with E-state index in [0.29, 0.717) is 12.0 Å². The number of amides is 4. The number of primary amides is 1. The average Bonchev–Trinajstić information content (AvgIpc) is 2.79. The van der Waals surface area contributed by atoms with Gasteiger partial charge in [0, 0.05) is 18.6 Å². The summed E-state index contributed by atoms with van der Waals surface area (Å²) in [6.07, 6.45) is -0.0288. The zero-order chi connectivity index (χ0) is 27.4. The van der Waals surface area contributed by atoms with E-state index in [-0.39, 0.29) is 36.7 Å². The SMILES string of the molecule is CC(C)CC(N)C(=O)NC(CCC(N)=O)C(=O)NC(CS)C(=O)NC(Cc1ccc(O)cc1)C(=O)O. The summed E-state index contributed by atoms with van der Waals surface area (Å²) in [5, 5.41) is 26.2. The zero-order valence-corrected chi connectivity index (χ0v) is 21.2. The first kappa shape index (κ1) is 30.7. The minimum atomic E-state index is -1.32. The first-order chi connectivity index (χ1) is 16.8. The molecule has 0 radical (unpaired) electrons. The monoisotopic (exact) mass is 525 g/mol. The zero-order valence-electron chi connectivity index (χ0n) is 20.3. The van der Waals surface area contributed by atoms with Crippen molar-refractivity contribution in [3.8, 4) is 5.75 Å². The second-order valence-corrected chi connectivity index (χ2v) is 9.18. The molecule has 0 saturated heterocycles. The molecule has 0 aliphatic carbocycles. The number of benzene rings is 1. The molecule has 0 fully saturated rings. The van der Waals surface area contributed by atoms with Gasteiger partial charge in [-0.05, 0) is 36.5 Å². The Balaban J connectivity index is 2.90. The topological polar surface area (TPSA) is 214 Å². The summed E-state index contributed by atoms with van der Waals surface area (Å²) in [6, 6.07) is 1.18. The summed E-state index contributed by atoms with van der Waals surface area (Å²) in [6.45, 7) is 3.76. The molecular formula is C23H35N5O7S. The van der Waals surface area contributed by atoms with Crippen molar-refractivity contribution >= 4 is 42.2 Å². The fourth-order valence-electron chi connectivity index (χ4n) is 3.26. The number of nitrogens with one attached hydrogen (secondary N) is 3. The molecule has 9 N–H and O–H groups in total. The third-order valence-electron chi connectivity index (χ3n) is 5.18. The molecule has 200 valence electrons. The molecule has 4 unspecified atom stereocenters. The predicted molar refractivity (Wildman–Crippen MR) is 135 cm³/mol. The molecule has 4 amide bonds. The number of aromatic hydroxyl groups is 1. The van der Waals surface area contributed by atoms with Crippen LogP contribution in [0.2, 0.25) is 0 Å². The van der Waals surface area contributed by atoms with Gasteiger partial charge in [0.2, 0.25) is 23.6 Å². The molecule has 0 bridgehead atoms. The molecule has 36 heavy (non-hydrogen) atoms. The van der Waals surface area contributed by atoms with Gasteiger partial charge in [-0.15, -0.1) is 0 Å². The maximum Gasteiger partial charge on any atom is 0.326 e. The first-order valence-electron chi connectivity index (χ1n) is 11.4. The van der Waals surface area contributed by atoms with Crippen LogP contribution < -0.4 is 27.4 Å². The van der Waals surface area contributed by atoms with Crippen molar-refractivity contribution < 1.29 is 34.2 Å². The second-order valence-electron chi connectivity index (χ2n) is 8.82. The van der Waals surface area contributed by atoms with Crippen LogP contribution in [0.15, 0.2) is 24.3 Å². The van der Waals surface area contributed by atoms with Crippen LogP contribution in [-0.2, 0) is 30.4 Å². The van der Waals surface area contributed by atoms with E-state index < -0.39 is 53.8 Å². The molecule has 1 aromatic carbocycles. The standard InChI is InChI=1S/C23H35N5O7S/c1-12(2)9-15(24)20(31)26-16(7-8-19(25)30)21(32)28-18(11-36)22(33)27-17(23(34)35)10-13-3-5-14(29)6-4-13/h3-6,12,15-18,29,36H,7-11,24H2,1-2H3,(H2,25,30)(H,26,31)(H,27,33)(H,28,32)(H,34,35). The second kappa shape index (κ2) is 14.9. The lowest BCUT2D eigenvalue weighted by Gasteiger charge is -2.24. The van der Waals surface area contributed by atoms with E-state index in [9.17, 15) is 34.2 Å². The molecule has 0 spiro atoms. The van der Waals surface area contributed by atoms with Crippen LogP contribution in [0, 0.1) is 5.92 Å².